The topological polar surface area (TPSA) is 12.9 Å². The SMILES string of the molecule is c1ccc(-c2ccc(-c3cccnc3)cc2)cc1. The van der Waals surface area contributed by atoms with Gasteiger partial charge in [-0.25, -0.2) is 0 Å². The number of hydrogen-bond acceptors (Lipinski definition) is 1. The van der Waals surface area contributed by atoms with Gasteiger partial charge >= 0.3 is 0 Å². The second-order valence-electron chi connectivity index (χ2n) is 4.19. The minimum Gasteiger partial charge on any atom is -0.264 e. The summed E-state index contributed by atoms with van der Waals surface area (Å²) < 4.78 is 0. The highest BCUT2D eigenvalue weighted by molar-refractivity contribution is 5.69. The molecule has 2 aromatic carbocycles. The van der Waals surface area contributed by atoms with Gasteiger partial charge in [0.2, 0.25) is 0 Å². The van der Waals surface area contributed by atoms with Gasteiger partial charge in [0.25, 0.3) is 0 Å². The van der Waals surface area contributed by atoms with Crippen molar-refractivity contribution in [2.24, 2.45) is 0 Å². The first kappa shape index (κ1) is 10.7. The summed E-state index contributed by atoms with van der Waals surface area (Å²) >= 11 is 0. The van der Waals surface area contributed by atoms with Crippen LogP contribution in [0.4, 0.5) is 0 Å². The molecule has 0 aliphatic rings. The Hall–Kier alpha value is -2.41. The zero-order chi connectivity index (χ0) is 12.2. The second-order valence-corrected chi connectivity index (χ2v) is 4.19. The zero-order valence-corrected chi connectivity index (χ0v) is 9.95. The largest absolute Gasteiger partial charge is 0.264 e. The lowest BCUT2D eigenvalue weighted by Gasteiger charge is -2.04. The lowest BCUT2D eigenvalue weighted by molar-refractivity contribution is 1.33. The molecule has 1 heterocycles. The van der Waals surface area contributed by atoms with Gasteiger partial charge in [0, 0.05) is 12.4 Å². The Kier molecular flexibility index (Phi) is 2.89. The van der Waals surface area contributed by atoms with Gasteiger partial charge in [0.05, 0.1) is 0 Å². The van der Waals surface area contributed by atoms with Gasteiger partial charge in [0.1, 0.15) is 0 Å². The number of hydrogen-bond donors (Lipinski definition) is 0. The van der Waals surface area contributed by atoms with E-state index in [0.29, 0.717) is 0 Å². The maximum atomic E-state index is 4.14. The van der Waals surface area contributed by atoms with Crippen LogP contribution in [0.1, 0.15) is 0 Å². The maximum Gasteiger partial charge on any atom is 0.0346 e. The molecule has 0 unspecified atom stereocenters. The summed E-state index contributed by atoms with van der Waals surface area (Å²) in [7, 11) is 0. The van der Waals surface area contributed by atoms with E-state index >= 15 is 0 Å². The molecular weight excluding hydrogens is 218 g/mol. The van der Waals surface area contributed by atoms with Gasteiger partial charge < -0.3 is 0 Å². The Morgan fingerprint density at radius 2 is 1.06 bits per heavy atom. The quantitative estimate of drug-likeness (QED) is 0.636. The predicted octanol–water partition coefficient (Wildman–Crippen LogP) is 4.42. The van der Waals surface area contributed by atoms with E-state index in [-0.39, 0.29) is 0 Å². The Bertz CT molecular complexity index is 554. The first-order valence-electron chi connectivity index (χ1n) is 5.99. The highest BCUT2D eigenvalue weighted by atomic mass is 14.6. The number of pyridine rings is 1. The number of rotatable bonds is 2. The van der Waals surface area contributed by atoms with Gasteiger partial charge in [0.15, 0.2) is 0 Å². The summed E-state index contributed by atoms with van der Waals surface area (Å²) in [5.74, 6) is 0. The molecule has 0 aliphatic carbocycles. The fourth-order valence-electron chi connectivity index (χ4n) is 2.02. The third-order valence-corrected chi connectivity index (χ3v) is 2.99. The molecule has 0 saturated carbocycles. The zero-order valence-electron chi connectivity index (χ0n) is 9.95. The van der Waals surface area contributed by atoms with E-state index in [1.165, 1.54) is 16.7 Å². The number of aromatic nitrogens is 1. The fourth-order valence-corrected chi connectivity index (χ4v) is 2.02. The molecule has 3 aromatic rings. The molecule has 0 aliphatic heterocycles. The summed E-state index contributed by atoms with van der Waals surface area (Å²) in [5.41, 5.74) is 4.83. The van der Waals surface area contributed by atoms with Gasteiger partial charge in [-0.3, -0.25) is 4.98 Å². The van der Waals surface area contributed by atoms with E-state index in [1.807, 2.05) is 18.3 Å². The van der Waals surface area contributed by atoms with Crippen LogP contribution in [0.15, 0.2) is 79.1 Å². The molecule has 0 atom stereocenters. The van der Waals surface area contributed by atoms with Gasteiger partial charge in [-0.05, 0) is 28.3 Å². The average Bonchev–Trinajstić information content (AvgIpc) is 2.49. The molecule has 0 amide bonds. The van der Waals surface area contributed by atoms with Crippen molar-refractivity contribution in [3.8, 4) is 22.3 Å². The number of benzene rings is 2. The molecule has 3 rings (SSSR count). The Morgan fingerprint density at radius 1 is 0.500 bits per heavy atom. The molecule has 86 valence electrons. The van der Waals surface area contributed by atoms with Crippen molar-refractivity contribution in [3.63, 3.8) is 0 Å². The summed E-state index contributed by atoms with van der Waals surface area (Å²) in [6, 6.07) is 23.0. The van der Waals surface area contributed by atoms with Crippen LogP contribution in [0, 0.1) is 0 Å². The van der Waals surface area contributed by atoms with Gasteiger partial charge in [-0.15, -0.1) is 0 Å². The molecular formula is C17H13N. The van der Waals surface area contributed by atoms with Crippen molar-refractivity contribution in [2.45, 2.75) is 0 Å². The van der Waals surface area contributed by atoms with Crippen LogP contribution in [0.5, 0.6) is 0 Å². The monoisotopic (exact) mass is 231 g/mol. The highest BCUT2D eigenvalue weighted by Crippen LogP contribution is 2.23. The molecule has 0 fully saturated rings. The Morgan fingerprint density at radius 3 is 1.67 bits per heavy atom. The first-order chi connectivity index (χ1) is 8.93. The van der Waals surface area contributed by atoms with E-state index in [9.17, 15) is 0 Å². The molecule has 1 aromatic heterocycles. The lowest BCUT2D eigenvalue weighted by Crippen LogP contribution is -1.80. The summed E-state index contributed by atoms with van der Waals surface area (Å²) in [6.45, 7) is 0. The third-order valence-electron chi connectivity index (χ3n) is 2.99. The van der Waals surface area contributed by atoms with Crippen molar-refractivity contribution in [2.75, 3.05) is 0 Å². The smallest absolute Gasteiger partial charge is 0.0346 e. The normalized spacial score (nSPS) is 10.2. The second kappa shape index (κ2) is 4.84. The van der Waals surface area contributed by atoms with Crippen molar-refractivity contribution in [1.82, 2.24) is 4.98 Å². The number of nitrogens with zero attached hydrogens (tertiary/aromatic N) is 1. The van der Waals surface area contributed by atoms with E-state index in [2.05, 4.69) is 59.6 Å². The molecule has 0 saturated heterocycles. The third kappa shape index (κ3) is 2.16. The molecule has 0 spiro atoms. The Labute approximate surface area is 107 Å². The van der Waals surface area contributed by atoms with Crippen LogP contribution in [0.3, 0.4) is 0 Å². The maximum absolute atomic E-state index is 4.14. The van der Waals surface area contributed by atoms with Crippen LogP contribution in [0.25, 0.3) is 22.3 Å². The van der Waals surface area contributed by atoms with Crippen molar-refractivity contribution in [1.29, 1.82) is 0 Å². The van der Waals surface area contributed by atoms with Crippen molar-refractivity contribution < 1.29 is 0 Å². The molecule has 1 nitrogen and oxygen atoms in total. The van der Waals surface area contributed by atoms with E-state index in [0.717, 1.165) is 5.56 Å². The van der Waals surface area contributed by atoms with E-state index in [4.69, 9.17) is 0 Å². The summed E-state index contributed by atoms with van der Waals surface area (Å²) in [6.07, 6.45) is 3.68. The Balaban J connectivity index is 1.95. The summed E-state index contributed by atoms with van der Waals surface area (Å²) in [5, 5.41) is 0. The lowest BCUT2D eigenvalue weighted by atomic mass is 10.0. The first-order valence-corrected chi connectivity index (χ1v) is 5.99. The van der Waals surface area contributed by atoms with E-state index < -0.39 is 0 Å². The molecule has 0 radical (unpaired) electrons. The minimum atomic E-state index is 1.15. The average molecular weight is 231 g/mol. The summed E-state index contributed by atoms with van der Waals surface area (Å²) in [4.78, 5) is 4.14. The van der Waals surface area contributed by atoms with Crippen LogP contribution in [0.2, 0.25) is 0 Å². The highest BCUT2D eigenvalue weighted by Gasteiger charge is 1.99. The predicted molar refractivity (Wildman–Crippen MR) is 75.1 cm³/mol. The molecule has 0 N–H and O–H groups in total. The van der Waals surface area contributed by atoms with Crippen LogP contribution < -0.4 is 0 Å². The standard InChI is InChI=1S/C17H13N/c1-2-5-14(6-3-1)15-8-10-16(11-9-15)17-7-4-12-18-13-17/h1-13H. The van der Waals surface area contributed by atoms with Crippen molar-refractivity contribution >= 4 is 0 Å². The molecule has 18 heavy (non-hydrogen) atoms. The van der Waals surface area contributed by atoms with Crippen LogP contribution in [-0.4, -0.2) is 4.98 Å². The van der Waals surface area contributed by atoms with Crippen LogP contribution in [-0.2, 0) is 0 Å². The fraction of sp³-hybridized carbons (Fsp3) is 0. The molecule has 0 bridgehead atoms. The minimum absolute atomic E-state index is 1.15. The van der Waals surface area contributed by atoms with E-state index in [1.54, 1.807) is 6.20 Å². The van der Waals surface area contributed by atoms with Crippen molar-refractivity contribution in [3.05, 3.63) is 79.1 Å². The van der Waals surface area contributed by atoms with Crippen LogP contribution >= 0.6 is 0 Å². The molecule has 1 heteroatoms. The van der Waals surface area contributed by atoms with Gasteiger partial charge in [-0.2, -0.15) is 0 Å². The van der Waals surface area contributed by atoms with Gasteiger partial charge in [-0.1, -0.05) is 60.7 Å².